The van der Waals surface area contributed by atoms with E-state index in [1.807, 2.05) is 44.3 Å². The number of hydrogen-bond donors (Lipinski definition) is 4. The van der Waals surface area contributed by atoms with Crippen molar-refractivity contribution in [3.05, 3.63) is 36.0 Å². The van der Waals surface area contributed by atoms with Gasteiger partial charge in [-0.25, -0.2) is 0 Å². The number of para-hydroxylation sites is 1. The number of nitrogens with one attached hydrogen (secondary N) is 3. The van der Waals surface area contributed by atoms with Gasteiger partial charge in [-0.3, -0.25) is 14.4 Å². The lowest BCUT2D eigenvalue weighted by Crippen LogP contribution is -2.50. The van der Waals surface area contributed by atoms with Crippen molar-refractivity contribution >= 4 is 41.3 Å². The molecular weight excluding hydrogens is 402 g/mol. The molecule has 30 heavy (non-hydrogen) atoms. The van der Waals surface area contributed by atoms with E-state index in [1.54, 1.807) is 7.05 Å². The molecule has 1 aromatic heterocycles. The Kier molecular flexibility index (Phi) is 8.77. The van der Waals surface area contributed by atoms with E-state index in [1.165, 1.54) is 7.11 Å². The Balaban J connectivity index is 2.20. The van der Waals surface area contributed by atoms with Crippen molar-refractivity contribution in [2.24, 2.45) is 11.8 Å². The average molecular weight is 434 g/mol. The second kappa shape index (κ2) is 11.1. The topological polar surface area (TPSA) is 100 Å². The van der Waals surface area contributed by atoms with E-state index >= 15 is 0 Å². The van der Waals surface area contributed by atoms with Gasteiger partial charge in [-0.1, -0.05) is 32.0 Å². The van der Waals surface area contributed by atoms with E-state index in [2.05, 4.69) is 28.2 Å². The van der Waals surface area contributed by atoms with E-state index < -0.39 is 23.2 Å². The number of carbonyl (C=O) groups is 3. The summed E-state index contributed by atoms with van der Waals surface area (Å²) in [5, 5.41) is 6.02. The van der Waals surface area contributed by atoms with Crippen LogP contribution in [0.5, 0.6) is 0 Å². The fourth-order valence-corrected chi connectivity index (χ4v) is 3.93. The number of aromatic nitrogens is 1. The lowest BCUT2D eigenvalue weighted by Gasteiger charge is -2.26. The molecule has 0 saturated carbocycles. The molecule has 3 N–H and O–H groups in total. The van der Waals surface area contributed by atoms with Gasteiger partial charge in [0.05, 0.1) is 19.4 Å². The van der Waals surface area contributed by atoms with E-state index in [0.717, 1.165) is 16.5 Å². The van der Waals surface area contributed by atoms with E-state index in [-0.39, 0.29) is 24.2 Å². The third-order valence-electron chi connectivity index (χ3n) is 5.11. The number of hydrogen-bond acceptors (Lipinski definition) is 5. The molecule has 0 saturated heterocycles. The summed E-state index contributed by atoms with van der Waals surface area (Å²) in [7, 11) is 2.85. The van der Waals surface area contributed by atoms with Gasteiger partial charge in [0.15, 0.2) is 0 Å². The summed E-state index contributed by atoms with van der Waals surface area (Å²) in [6.45, 7) is 4.00. The number of esters is 1. The van der Waals surface area contributed by atoms with Crippen molar-refractivity contribution < 1.29 is 19.1 Å². The molecule has 0 fully saturated rings. The Labute approximate surface area is 182 Å². The van der Waals surface area contributed by atoms with Crippen LogP contribution in [0.2, 0.25) is 0 Å². The van der Waals surface area contributed by atoms with Gasteiger partial charge < -0.3 is 20.4 Å². The van der Waals surface area contributed by atoms with Gasteiger partial charge in [0.2, 0.25) is 11.8 Å². The molecule has 0 aliphatic heterocycles. The first kappa shape index (κ1) is 23.8. The van der Waals surface area contributed by atoms with Gasteiger partial charge in [-0.15, -0.1) is 0 Å². The van der Waals surface area contributed by atoms with Crippen LogP contribution in [0.1, 0.15) is 32.3 Å². The average Bonchev–Trinajstić information content (AvgIpc) is 3.13. The second-order valence-corrected chi connectivity index (χ2v) is 8.49. The monoisotopic (exact) mass is 433 g/mol. The third kappa shape index (κ3) is 6.26. The molecule has 3 atom stereocenters. The second-order valence-electron chi connectivity index (χ2n) is 7.82. The van der Waals surface area contributed by atoms with E-state index in [0.29, 0.717) is 12.8 Å². The highest BCUT2D eigenvalue weighted by Crippen LogP contribution is 2.24. The predicted molar refractivity (Wildman–Crippen MR) is 120 cm³/mol. The SMILES string of the molecule is CNC(=O)[C@H](Cc1c[nH]c2ccccc12)NC(=O)[C@@H](CC(C)C)[C@@H](S)CC(=O)OC. The number of methoxy groups -OCH3 is 1. The van der Waals surface area contributed by atoms with Crippen LogP contribution in [-0.2, 0) is 25.5 Å². The molecule has 2 amide bonds. The van der Waals surface area contributed by atoms with Crippen molar-refractivity contribution in [1.82, 2.24) is 15.6 Å². The molecular formula is C22H31N3O4S. The molecule has 7 nitrogen and oxygen atoms in total. The minimum Gasteiger partial charge on any atom is -0.469 e. The van der Waals surface area contributed by atoms with Gasteiger partial charge in [-0.2, -0.15) is 12.6 Å². The third-order valence-corrected chi connectivity index (χ3v) is 5.65. The smallest absolute Gasteiger partial charge is 0.306 e. The summed E-state index contributed by atoms with van der Waals surface area (Å²) in [5.74, 6) is -1.29. The lowest BCUT2D eigenvalue weighted by molar-refractivity contribution is -0.141. The first-order chi connectivity index (χ1) is 14.3. The van der Waals surface area contributed by atoms with Gasteiger partial charge in [0, 0.05) is 35.8 Å². The summed E-state index contributed by atoms with van der Waals surface area (Å²) < 4.78 is 4.72. The first-order valence-electron chi connectivity index (χ1n) is 10.1. The molecule has 0 spiro atoms. The van der Waals surface area contributed by atoms with Gasteiger partial charge in [-0.05, 0) is 24.0 Å². The zero-order valence-electron chi connectivity index (χ0n) is 17.9. The molecule has 0 aliphatic carbocycles. The van der Waals surface area contributed by atoms with Crippen LogP contribution >= 0.6 is 12.6 Å². The fraction of sp³-hybridized carbons (Fsp3) is 0.500. The highest BCUT2D eigenvalue weighted by Gasteiger charge is 2.31. The minimum absolute atomic E-state index is 0.0253. The number of likely N-dealkylation sites (N-methyl/N-ethyl adjacent to an activating group) is 1. The number of fused-ring (bicyclic) bond motifs is 1. The summed E-state index contributed by atoms with van der Waals surface area (Å²) in [6, 6.07) is 7.07. The molecule has 0 aliphatic rings. The molecule has 8 heteroatoms. The molecule has 1 aromatic carbocycles. The molecule has 2 rings (SSSR count). The fourth-order valence-electron chi connectivity index (χ4n) is 3.53. The maximum Gasteiger partial charge on any atom is 0.306 e. The number of ether oxygens (including phenoxy) is 1. The van der Waals surface area contributed by atoms with Crippen LogP contribution in [0.15, 0.2) is 30.5 Å². The van der Waals surface area contributed by atoms with Crippen LogP contribution in [0.25, 0.3) is 10.9 Å². The standard InChI is InChI=1S/C22H31N3O4S/c1-13(2)9-16(19(30)11-20(26)29-4)21(27)25-18(22(28)23-3)10-14-12-24-17-8-6-5-7-15(14)17/h5-8,12-13,16,18-19,24,30H,9-11H2,1-4H3,(H,23,28)(H,25,27)/t16-,18-,19-/m0/s1. The molecule has 0 radical (unpaired) electrons. The Morgan fingerprint density at radius 2 is 1.87 bits per heavy atom. The molecule has 0 bridgehead atoms. The van der Waals surface area contributed by atoms with Crippen LogP contribution in [0, 0.1) is 11.8 Å². The van der Waals surface area contributed by atoms with Crippen molar-refractivity contribution in [3.63, 3.8) is 0 Å². The van der Waals surface area contributed by atoms with Crippen molar-refractivity contribution in [1.29, 1.82) is 0 Å². The highest BCUT2D eigenvalue weighted by molar-refractivity contribution is 7.81. The summed E-state index contributed by atoms with van der Waals surface area (Å²) in [4.78, 5) is 40.5. The maximum absolute atomic E-state index is 13.1. The molecule has 1 heterocycles. The summed E-state index contributed by atoms with van der Waals surface area (Å²) >= 11 is 4.50. The van der Waals surface area contributed by atoms with Crippen LogP contribution < -0.4 is 10.6 Å². The number of rotatable bonds is 10. The van der Waals surface area contributed by atoms with Crippen LogP contribution in [-0.4, -0.2) is 48.2 Å². The van der Waals surface area contributed by atoms with Crippen molar-refractivity contribution in [3.8, 4) is 0 Å². The maximum atomic E-state index is 13.1. The summed E-state index contributed by atoms with van der Waals surface area (Å²) in [6.07, 6.45) is 2.77. The van der Waals surface area contributed by atoms with Crippen LogP contribution in [0.4, 0.5) is 0 Å². The van der Waals surface area contributed by atoms with E-state index in [4.69, 9.17) is 4.74 Å². The zero-order chi connectivity index (χ0) is 22.3. The normalized spacial score (nSPS) is 14.2. The Morgan fingerprint density at radius 3 is 2.50 bits per heavy atom. The lowest BCUT2D eigenvalue weighted by atomic mass is 9.91. The Morgan fingerprint density at radius 1 is 1.17 bits per heavy atom. The first-order valence-corrected chi connectivity index (χ1v) is 10.6. The van der Waals surface area contributed by atoms with Crippen molar-refractivity contribution in [2.45, 2.75) is 44.4 Å². The summed E-state index contributed by atoms with van der Waals surface area (Å²) in [5.41, 5.74) is 1.91. The van der Waals surface area contributed by atoms with E-state index in [9.17, 15) is 14.4 Å². The number of amides is 2. The number of thiol groups is 1. The Bertz CT molecular complexity index is 880. The number of benzene rings is 1. The molecule has 164 valence electrons. The van der Waals surface area contributed by atoms with Gasteiger partial charge in [0.1, 0.15) is 6.04 Å². The number of aromatic amines is 1. The van der Waals surface area contributed by atoms with Gasteiger partial charge in [0.25, 0.3) is 0 Å². The quantitative estimate of drug-likeness (QED) is 0.342. The minimum atomic E-state index is -0.741. The zero-order valence-corrected chi connectivity index (χ0v) is 18.8. The van der Waals surface area contributed by atoms with Crippen LogP contribution in [0.3, 0.4) is 0 Å². The molecule has 2 aromatic rings. The largest absolute Gasteiger partial charge is 0.469 e. The number of H-pyrrole nitrogens is 1. The van der Waals surface area contributed by atoms with Gasteiger partial charge >= 0.3 is 5.97 Å². The Hall–Kier alpha value is -2.48. The van der Waals surface area contributed by atoms with Crippen molar-refractivity contribution in [2.75, 3.05) is 14.2 Å². The predicted octanol–water partition coefficient (Wildman–Crippen LogP) is 2.46. The highest BCUT2D eigenvalue weighted by atomic mass is 32.1. The molecule has 0 unspecified atom stereocenters. The number of carbonyl (C=O) groups excluding carboxylic acids is 3.